The Balaban J connectivity index is 1.71. The van der Waals surface area contributed by atoms with E-state index in [0.29, 0.717) is 23.2 Å². The lowest BCUT2D eigenvalue weighted by atomic mass is 10.2. The number of halogens is 2. The van der Waals surface area contributed by atoms with Crippen molar-refractivity contribution in [2.24, 2.45) is 0 Å². The summed E-state index contributed by atoms with van der Waals surface area (Å²) < 4.78 is 43.4. The molecule has 9 heteroatoms. The fourth-order valence-corrected chi connectivity index (χ4v) is 5.04. The third-order valence-corrected chi connectivity index (χ3v) is 6.46. The van der Waals surface area contributed by atoms with E-state index in [-0.39, 0.29) is 29.8 Å². The van der Waals surface area contributed by atoms with E-state index in [9.17, 15) is 17.6 Å². The van der Waals surface area contributed by atoms with Crippen LogP contribution < -0.4 is 5.32 Å². The number of hydrogen-bond acceptors (Lipinski definition) is 5. The number of rotatable bonds is 6. The summed E-state index contributed by atoms with van der Waals surface area (Å²) >= 11 is 3.16. The lowest BCUT2D eigenvalue weighted by Gasteiger charge is -2.26. The molecule has 2 heterocycles. The van der Waals surface area contributed by atoms with E-state index in [1.165, 1.54) is 18.4 Å². The van der Waals surface area contributed by atoms with E-state index >= 15 is 0 Å². The van der Waals surface area contributed by atoms with Gasteiger partial charge in [0, 0.05) is 10.5 Å². The number of sulfone groups is 1. The highest BCUT2D eigenvalue weighted by atomic mass is 79.9. The van der Waals surface area contributed by atoms with Crippen LogP contribution in [-0.2, 0) is 21.2 Å². The number of furan rings is 1. The van der Waals surface area contributed by atoms with Crippen LogP contribution >= 0.6 is 15.9 Å². The summed E-state index contributed by atoms with van der Waals surface area (Å²) in [6, 6.07) is 7.58. The van der Waals surface area contributed by atoms with E-state index in [0.717, 1.165) is 0 Å². The molecule has 1 atom stereocenters. The molecule has 1 amide bonds. The Morgan fingerprint density at radius 3 is 2.81 bits per heavy atom. The first-order valence-corrected chi connectivity index (χ1v) is 10.7. The van der Waals surface area contributed by atoms with Crippen molar-refractivity contribution in [2.45, 2.75) is 19.0 Å². The predicted octanol–water partition coefficient (Wildman–Crippen LogP) is 2.81. The monoisotopic (exact) mass is 444 g/mol. The number of carbonyl (C=O) groups excluding carboxylic acids is 1. The quantitative estimate of drug-likeness (QED) is 0.740. The zero-order valence-corrected chi connectivity index (χ0v) is 16.2. The second-order valence-corrected chi connectivity index (χ2v) is 9.36. The summed E-state index contributed by atoms with van der Waals surface area (Å²) in [5, 5.41) is 2.54. The fraction of sp³-hybridized carbons (Fsp3) is 0.353. The molecule has 1 aliphatic rings. The van der Waals surface area contributed by atoms with Gasteiger partial charge in [-0.25, -0.2) is 12.8 Å². The summed E-state index contributed by atoms with van der Waals surface area (Å²) in [5.74, 6) is -0.212. The van der Waals surface area contributed by atoms with E-state index in [2.05, 4.69) is 21.2 Å². The van der Waals surface area contributed by atoms with Gasteiger partial charge < -0.3 is 9.73 Å². The molecule has 1 fully saturated rings. The van der Waals surface area contributed by atoms with Crippen LogP contribution in [0.25, 0.3) is 0 Å². The van der Waals surface area contributed by atoms with Crippen LogP contribution in [0.4, 0.5) is 10.1 Å². The van der Waals surface area contributed by atoms with Gasteiger partial charge in [0.2, 0.25) is 5.91 Å². The van der Waals surface area contributed by atoms with Crippen LogP contribution in [-0.4, -0.2) is 43.3 Å². The van der Waals surface area contributed by atoms with Crippen LogP contribution in [0.2, 0.25) is 0 Å². The summed E-state index contributed by atoms with van der Waals surface area (Å²) in [4.78, 5) is 14.2. The highest BCUT2D eigenvalue weighted by Gasteiger charge is 2.33. The van der Waals surface area contributed by atoms with Gasteiger partial charge in [-0.15, -0.1) is 0 Å². The zero-order chi connectivity index (χ0) is 18.7. The molecule has 140 valence electrons. The molecule has 26 heavy (non-hydrogen) atoms. The molecule has 0 bridgehead atoms. The lowest BCUT2D eigenvalue weighted by molar-refractivity contribution is -0.118. The second kappa shape index (κ2) is 7.89. The maximum atomic E-state index is 13.9. The molecule has 1 aliphatic heterocycles. The number of carbonyl (C=O) groups is 1. The van der Waals surface area contributed by atoms with Gasteiger partial charge in [0.05, 0.1) is 36.5 Å². The van der Waals surface area contributed by atoms with Crippen LogP contribution in [0.15, 0.2) is 45.5 Å². The summed E-state index contributed by atoms with van der Waals surface area (Å²) in [5.41, 5.74) is 0.0789. The van der Waals surface area contributed by atoms with Gasteiger partial charge >= 0.3 is 0 Å². The standard InChI is InChI=1S/C17H18BrFN2O4S/c18-12-3-4-16(15(19)8-12)20-17(22)10-21(9-14-2-1-6-25-14)13-5-7-26(23,24)11-13/h1-4,6,8,13H,5,7,9-11H2,(H,20,22)/t13-/m0/s1. The van der Waals surface area contributed by atoms with Crippen molar-refractivity contribution in [1.82, 2.24) is 4.90 Å². The van der Waals surface area contributed by atoms with Gasteiger partial charge in [-0.05, 0) is 36.8 Å². The van der Waals surface area contributed by atoms with Crippen LogP contribution in [0, 0.1) is 5.82 Å². The van der Waals surface area contributed by atoms with Crippen molar-refractivity contribution in [3.63, 3.8) is 0 Å². The first kappa shape index (κ1) is 19.1. The summed E-state index contributed by atoms with van der Waals surface area (Å²) in [7, 11) is -3.09. The van der Waals surface area contributed by atoms with Gasteiger partial charge in [-0.3, -0.25) is 9.69 Å². The average Bonchev–Trinajstić information content (AvgIpc) is 3.19. The molecule has 1 N–H and O–H groups in total. The molecular formula is C17H18BrFN2O4S. The minimum Gasteiger partial charge on any atom is -0.468 e. The molecule has 0 aliphatic carbocycles. The van der Waals surface area contributed by atoms with Gasteiger partial charge in [-0.2, -0.15) is 0 Å². The van der Waals surface area contributed by atoms with Crippen LogP contribution in [0.1, 0.15) is 12.2 Å². The molecule has 0 radical (unpaired) electrons. The molecule has 0 saturated carbocycles. The van der Waals surface area contributed by atoms with Crippen LogP contribution in [0.3, 0.4) is 0 Å². The Morgan fingerprint density at radius 2 is 2.19 bits per heavy atom. The molecule has 0 unspecified atom stereocenters. The molecule has 6 nitrogen and oxygen atoms in total. The van der Waals surface area contributed by atoms with Gasteiger partial charge in [0.1, 0.15) is 11.6 Å². The molecule has 1 aromatic heterocycles. The first-order chi connectivity index (χ1) is 12.3. The molecule has 1 saturated heterocycles. The Morgan fingerprint density at radius 1 is 1.38 bits per heavy atom. The number of amides is 1. The maximum Gasteiger partial charge on any atom is 0.238 e. The van der Waals surface area contributed by atoms with E-state index in [4.69, 9.17) is 4.42 Å². The molecule has 1 aromatic carbocycles. The number of hydrogen-bond donors (Lipinski definition) is 1. The zero-order valence-electron chi connectivity index (χ0n) is 13.8. The van der Waals surface area contributed by atoms with Crippen LogP contribution in [0.5, 0.6) is 0 Å². The minimum absolute atomic E-state index is 0.00757. The largest absolute Gasteiger partial charge is 0.468 e. The van der Waals surface area contributed by atoms with Crippen molar-refractivity contribution in [3.8, 4) is 0 Å². The highest BCUT2D eigenvalue weighted by Crippen LogP contribution is 2.22. The molecular weight excluding hydrogens is 427 g/mol. The van der Waals surface area contributed by atoms with Crippen molar-refractivity contribution < 1.29 is 22.0 Å². The van der Waals surface area contributed by atoms with Crippen molar-refractivity contribution in [3.05, 3.63) is 52.6 Å². The Hall–Kier alpha value is -1.71. The van der Waals surface area contributed by atoms with Gasteiger partial charge in [-0.1, -0.05) is 15.9 Å². The Labute approximate surface area is 159 Å². The third kappa shape index (κ3) is 4.93. The predicted molar refractivity (Wildman–Crippen MR) is 98.9 cm³/mol. The maximum absolute atomic E-state index is 13.9. The molecule has 3 rings (SSSR count). The number of nitrogens with one attached hydrogen (secondary N) is 1. The Bertz CT molecular complexity index is 886. The second-order valence-electron chi connectivity index (χ2n) is 6.21. The topological polar surface area (TPSA) is 79.6 Å². The molecule has 0 spiro atoms. The minimum atomic E-state index is -3.09. The van der Waals surface area contributed by atoms with E-state index in [1.807, 2.05) is 0 Å². The average molecular weight is 445 g/mol. The lowest BCUT2D eigenvalue weighted by Crippen LogP contribution is -2.41. The van der Waals surface area contributed by atoms with Crippen molar-refractivity contribution >= 4 is 37.4 Å². The van der Waals surface area contributed by atoms with E-state index in [1.54, 1.807) is 23.1 Å². The smallest absolute Gasteiger partial charge is 0.238 e. The van der Waals surface area contributed by atoms with Crippen molar-refractivity contribution in [2.75, 3.05) is 23.4 Å². The first-order valence-electron chi connectivity index (χ1n) is 8.04. The van der Waals surface area contributed by atoms with E-state index < -0.39 is 21.6 Å². The molecule has 2 aromatic rings. The number of nitrogens with zero attached hydrogens (tertiary/aromatic N) is 1. The fourth-order valence-electron chi connectivity index (χ4n) is 2.95. The normalized spacial score (nSPS) is 19.0. The highest BCUT2D eigenvalue weighted by molar-refractivity contribution is 9.10. The van der Waals surface area contributed by atoms with Gasteiger partial charge in [0.25, 0.3) is 0 Å². The number of anilines is 1. The number of benzene rings is 1. The SMILES string of the molecule is O=C(CN(Cc1ccco1)[C@H]1CCS(=O)(=O)C1)Nc1ccc(Br)cc1F. The Kier molecular flexibility index (Phi) is 5.79. The van der Waals surface area contributed by atoms with Gasteiger partial charge in [0.15, 0.2) is 9.84 Å². The summed E-state index contributed by atoms with van der Waals surface area (Å²) in [6.45, 7) is 0.250. The summed E-state index contributed by atoms with van der Waals surface area (Å²) in [6.07, 6.45) is 1.99. The van der Waals surface area contributed by atoms with Crippen molar-refractivity contribution in [1.29, 1.82) is 0 Å². The third-order valence-electron chi connectivity index (χ3n) is 4.22.